The second-order valence-corrected chi connectivity index (χ2v) is 4.42. The highest BCUT2D eigenvalue weighted by Crippen LogP contribution is 2.30. The normalized spacial score (nSPS) is 23.8. The third-order valence-corrected chi connectivity index (χ3v) is 3.35. The predicted octanol–water partition coefficient (Wildman–Crippen LogP) is 0.103. The van der Waals surface area contributed by atoms with E-state index in [9.17, 15) is 4.79 Å². The molecule has 2 rings (SSSR count). The minimum absolute atomic E-state index is 0.0882. The van der Waals surface area contributed by atoms with E-state index in [1.807, 2.05) is 0 Å². The largest absolute Gasteiger partial charge is 0.355 e. The van der Waals surface area contributed by atoms with Crippen molar-refractivity contribution in [3.63, 3.8) is 0 Å². The summed E-state index contributed by atoms with van der Waals surface area (Å²) in [6.07, 6.45) is 5.01. The van der Waals surface area contributed by atoms with Gasteiger partial charge >= 0.3 is 0 Å². The molecule has 6 nitrogen and oxygen atoms in total. The summed E-state index contributed by atoms with van der Waals surface area (Å²) in [6.45, 7) is 1.15. The van der Waals surface area contributed by atoms with E-state index in [0.717, 1.165) is 19.3 Å². The summed E-state index contributed by atoms with van der Waals surface area (Å²) in [5.41, 5.74) is 5.66. The number of rotatable bonds is 5. The summed E-state index contributed by atoms with van der Waals surface area (Å²) in [6, 6.07) is 0. The summed E-state index contributed by atoms with van der Waals surface area (Å²) in [5, 5.41) is 6.60. The zero-order chi connectivity index (χ0) is 12.1. The third-order valence-electron chi connectivity index (χ3n) is 3.35. The van der Waals surface area contributed by atoms with Crippen molar-refractivity contribution in [2.45, 2.75) is 25.7 Å². The van der Waals surface area contributed by atoms with Crippen LogP contribution < -0.4 is 11.1 Å². The average molecular weight is 238 g/mol. The van der Waals surface area contributed by atoms with Crippen LogP contribution in [0.2, 0.25) is 0 Å². The molecule has 2 unspecified atom stereocenters. The topological polar surface area (TPSA) is 94.0 Å². The van der Waals surface area contributed by atoms with Gasteiger partial charge in [-0.15, -0.1) is 0 Å². The molecular formula is C11H18N4O2. The van der Waals surface area contributed by atoms with Gasteiger partial charge in [-0.3, -0.25) is 4.79 Å². The number of aromatic nitrogens is 2. The van der Waals surface area contributed by atoms with Gasteiger partial charge in [0.1, 0.15) is 0 Å². The summed E-state index contributed by atoms with van der Waals surface area (Å²) in [7, 11) is 0. The van der Waals surface area contributed by atoms with Crippen molar-refractivity contribution in [1.82, 2.24) is 15.5 Å². The van der Waals surface area contributed by atoms with Crippen LogP contribution in [0.1, 0.15) is 25.1 Å². The van der Waals surface area contributed by atoms with E-state index in [1.54, 1.807) is 0 Å². The first-order valence-electron chi connectivity index (χ1n) is 6.04. The Morgan fingerprint density at radius 2 is 2.47 bits per heavy atom. The Kier molecular flexibility index (Phi) is 4.08. The lowest BCUT2D eigenvalue weighted by Gasteiger charge is -2.16. The van der Waals surface area contributed by atoms with Crippen LogP contribution in [0.5, 0.6) is 0 Å². The van der Waals surface area contributed by atoms with Crippen LogP contribution >= 0.6 is 0 Å². The number of hydrogen-bond donors (Lipinski definition) is 2. The van der Waals surface area contributed by atoms with E-state index < -0.39 is 0 Å². The van der Waals surface area contributed by atoms with Gasteiger partial charge in [-0.05, 0) is 25.3 Å². The average Bonchev–Trinajstić information content (AvgIpc) is 2.99. The van der Waals surface area contributed by atoms with Crippen LogP contribution in [0.3, 0.4) is 0 Å². The molecule has 1 aliphatic rings. The first-order chi connectivity index (χ1) is 8.31. The smallest absolute Gasteiger partial charge is 0.223 e. The molecule has 0 radical (unpaired) electrons. The first kappa shape index (κ1) is 12.0. The predicted molar refractivity (Wildman–Crippen MR) is 60.9 cm³/mol. The minimum atomic E-state index is 0.0882. The van der Waals surface area contributed by atoms with E-state index in [-0.39, 0.29) is 11.8 Å². The molecule has 0 aliphatic heterocycles. The van der Waals surface area contributed by atoms with E-state index in [2.05, 4.69) is 20.0 Å². The lowest BCUT2D eigenvalue weighted by atomic mass is 9.95. The molecular weight excluding hydrogens is 220 g/mol. The van der Waals surface area contributed by atoms with Gasteiger partial charge < -0.3 is 15.6 Å². The molecule has 1 fully saturated rings. The maximum absolute atomic E-state index is 11.9. The molecule has 17 heavy (non-hydrogen) atoms. The molecule has 0 bridgehead atoms. The molecule has 0 spiro atoms. The molecule has 1 aliphatic carbocycles. The Hall–Kier alpha value is -1.43. The van der Waals surface area contributed by atoms with Crippen LogP contribution in [-0.2, 0) is 11.2 Å². The Balaban J connectivity index is 1.73. The molecule has 1 amide bonds. The van der Waals surface area contributed by atoms with E-state index in [1.165, 1.54) is 6.39 Å². The number of carbonyl (C=O) groups excluding carboxylic acids is 1. The number of carbonyl (C=O) groups is 1. The second kappa shape index (κ2) is 5.77. The molecule has 1 aromatic heterocycles. The Morgan fingerprint density at radius 1 is 1.59 bits per heavy atom. The molecule has 2 atom stereocenters. The standard InChI is InChI=1S/C11H18N4O2/c12-6-8-2-1-3-9(8)11(16)13-5-4-10-14-7-17-15-10/h7-9H,1-6,12H2,(H,13,16). The van der Waals surface area contributed by atoms with Crippen LogP contribution in [0, 0.1) is 11.8 Å². The van der Waals surface area contributed by atoms with Gasteiger partial charge in [-0.1, -0.05) is 11.6 Å². The summed E-state index contributed by atoms with van der Waals surface area (Å²) < 4.78 is 4.62. The summed E-state index contributed by atoms with van der Waals surface area (Å²) >= 11 is 0. The maximum Gasteiger partial charge on any atom is 0.223 e. The number of nitrogens with zero attached hydrogens (tertiary/aromatic N) is 2. The summed E-state index contributed by atoms with van der Waals surface area (Å²) in [5.74, 6) is 1.17. The molecule has 3 N–H and O–H groups in total. The zero-order valence-electron chi connectivity index (χ0n) is 9.76. The van der Waals surface area contributed by atoms with E-state index >= 15 is 0 Å². The van der Waals surface area contributed by atoms with E-state index in [0.29, 0.717) is 31.3 Å². The summed E-state index contributed by atoms with van der Waals surface area (Å²) in [4.78, 5) is 15.8. The van der Waals surface area contributed by atoms with Crippen molar-refractivity contribution in [2.24, 2.45) is 17.6 Å². The second-order valence-electron chi connectivity index (χ2n) is 4.42. The van der Waals surface area contributed by atoms with Gasteiger partial charge in [-0.2, -0.15) is 4.98 Å². The Morgan fingerprint density at radius 3 is 3.18 bits per heavy atom. The Labute approximate surface area is 99.9 Å². The van der Waals surface area contributed by atoms with Crippen LogP contribution in [0.25, 0.3) is 0 Å². The molecule has 1 saturated carbocycles. The maximum atomic E-state index is 11.9. The monoisotopic (exact) mass is 238 g/mol. The number of amides is 1. The molecule has 0 aromatic carbocycles. The van der Waals surface area contributed by atoms with Gasteiger partial charge in [0, 0.05) is 18.9 Å². The van der Waals surface area contributed by atoms with Crippen LogP contribution in [-0.4, -0.2) is 29.1 Å². The zero-order valence-corrected chi connectivity index (χ0v) is 9.76. The van der Waals surface area contributed by atoms with Gasteiger partial charge in [0.2, 0.25) is 12.3 Å². The van der Waals surface area contributed by atoms with Gasteiger partial charge in [0.15, 0.2) is 5.82 Å². The lowest BCUT2D eigenvalue weighted by molar-refractivity contribution is -0.125. The van der Waals surface area contributed by atoms with Gasteiger partial charge in [0.25, 0.3) is 0 Å². The van der Waals surface area contributed by atoms with Crippen molar-refractivity contribution in [3.05, 3.63) is 12.2 Å². The molecule has 1 aromatic rings. The van der Waals surface area contributed by atoms with Gasteiger partial charge in [-0.25, -0.2) is 0 Å². The number of hydrogen-bond acceptors (Lipinski definition) is 5. The van der Waals surface area contributed by atoms with Crippen molar-refractivity contribution in [1.29, 1.82) is 0 Å². The quantitative estimate of drug-likeness (QED) is 0.759. The van der Waals surface area contributed by atoms with Crippen molar-refractivity contribution < 1.29 is 9.32 Å². The number of nitrogens with two attached hydrogens (primary N) is 1. The lowest BCUT2D eigenvalue weighted by Crippen LogP contribution is -2.36. The highest BCUT2D eigenvalue weighted by molar-refractivity contribution is 5.79. The van der Waals surface area contributed by atoms with Crippen molar-refractivity contribution in [3.8, 4) is 0 Å². The van der Waals surface area contributed by atoms with Crippen LogP contribution in [0.4, 0.5) is 0 Å². The highest BCUT2D eigenvalue weighted by Gasteiger charge is 2.31. The fourth-order valence-electron chi connectivity index (χ4n) is 2.40. The fraction of sp³-hybridized carbons (Fsp3) is 0.727. The highest BCUT2D eigenvalue weighted by atomic mass is 16.5. The van der Waals surface area contributed by atoms with Crippen molar-refractivity contribution >= 4 is 5.91 Å². The van der Waals surface area contributed by atoms with Gasteiger partial charge in [0.05, 0.1) is 0 Å². The molecule has 6 heteroatoms. The Bertz CT molecular complexity index is 352. The molecule has 0 saturated heterocycles. The van der Waals surface area contributed by atoms with Crippen molar-refractivity contribution in [2.75, 3.05) is 13.1 Å². The number of nitrogens with one attached hydrogen (secondary N) is 1. The van der Waals surface area contributed by atoms with E-state index in [4.69, 9.17) is 5.73 Å². The first-order valence-corrected chi connectivity index (χ1v) is 6.04. The molecule has 94 valence electrons. The fourth-order valence-corrected chi connectivity index (χ4v) is 2.40. The SMILES string of the molecule is NCC1CCCC1C(=O)NCCc1ncon1. The third kappa shape index (κ3) is 3.03. The van der Waals surface area contributed by atoms with Crippen LogP contribution in [0.15, 0.2) is 10.9 Å². The minimum Gasteiger partial charge on any atom is -0.355 e. The molecule has 1 heterocycles.